The van der Waals surface area contributed by atoms with Crippen LogP contribution in [0.25, 0.3) is 0 Å². The highest BCUT2D eigenvalue weighted by Crippen LogP contribution is 2.23. The van der Waals surface area contributed by atoms with E-state index in [0.717, 1.165) is 0 Å². The van der Waals surface area contributed by atoms with Gasteiger partial charge in [0.05, 0.1) is 24.1 Å². The molecule has 0 spiro atoms. The summed E-state index contributed by atoms with van der Waals surface area (Å²) in [5.41, 5.74) is 0.696. The van der Waals surface area contributed by atoms with E-state index in [1.165, 1.54) is 11.4 Å². The second-order valence-corrected chi connectivity index (χ2v) is 8.10. The van der Waals surface area contributed by atoms with Crippen molar-refractivity contribution < 1.29 is 22.7 Å². The third kappa shape index (κ3) is 4.79. The Bertz CT molecular complexity index is 724. The molecule has 1 fully saturated rings. The number of sulfonamides is 1. The molecule has 0 saturated carbocycles. The van der Waals surface area contributed by atoms with Gasteiger partial charge < -0.3 is 10.1 Å². The summed E-state index contributed by atoms with van der Waals surface area (Å²) in [6.07, 6.45) is 1.51. The van der Waals surface area contributed by atoms with Crippen LogP contribution in [0.3, 0.4) is 0 Å². The molecule has 1 aliphatic heterocycles. The van der Waals surface area contributed by atoms with Crippen molar-refractivity contribution in [2.45, 2.75) is 26.2 Å². The number of nitrogens with one attached hydrogen (secondary N) is 1. The zero-order chi connectivity index (χ0) is 18.4. The van der Waals surface area contributed by atoms with Crippen molar-refractivity contribution in [3.05, 3.63) is 29.8 Å². The molecule has 2 rings (SSSR count). The van der Waals surface area contributed by atoms with E-state index in [9.17, 15) is 18.0 Å². The van der Waals surface area contributed by atoms with Gasteiger partial charge in [-0.05, 0) is 31.4 Å². The van der Waals surface area contributed by atoms with Crippen LogP contribution in [0.5, 0.6) is 0 Å². The molecule has 0 radical (unpaired) electrons. The van der Waals surface area contributed by atoms with E-state index in [1.807, 2.05) is 6.92 Å². The highest BCUT2D eigenvalue weighted by Gasteiger charge is 2.31. The lowest BCUT2D eigenvalue weighted by atomic mass is 9.97. The van der Waals surface area contributed by atoms with Gasteiger partial charge in [-0.1, -0.05) is 19.1 Å². The number of hydrogen-bond donors (Lipinski definition) is 1. The Morgan fingerprint density at radius 1 is 1.24 bits per heavy atom. The van der Waals surface area contributed by atoms with Crippen molar-refractivity contribution in [1.82, 2.24) is 4.31 Å². The Morgan fingerprint density at radius 2 is 1.88 bits per heavy atom. The Kier molecular flexibility index (Phi) is 6.55. The number of amides is 1. The number of ether oxygens (including phenoxy) is 1. The monoisotopic (exact) mass is 368 g/mol. The number of esters is 1. The number of nitrogens with zero attached hydrogens (tertiary/aromatic N) is 1. The number of carbonyl (C=O) groups excluding carboxylic acids is 2. The van der Waals surface area contributed by atoms with E-state index in [2.05, 4.69) is 5.32 Å². The fourth-order valence-corrected chi connectivity index (χ4v) is 4.44. The summed E-state index contributed by atoms with van der Waals surface area (Å²) in [6.45, 7) is 2.52. The molecule has 1 saturated heterocycles. The first-order valence-corrected chi connectivity index (χ1v) is 9.96. The molecule has 0 atom stereocenters. The van der Waals surface area contributed by atoms with Gasteiger partial charge in [0, 0.05) is 19.0 Å². The minimum atomic E-state index is -3.22. The van der Waals surface area contributed by atoms with Crippen molar-refractivity contribution in [1.29, 1.82) is 0 Å². The number of hydrogen-bond acceptors (Lipinski definition) is 5. The first kappa shape index (κ1) is 19.4. The molecule has 1 aromatic rings. The quantitative estimate of drug-likeness (QED) is 0.774. The molecule has 1 amide bonds. The Balaban J connectivity index is 1.99. The fraction of sp³-hybridized carbons (Fsp3) is 0.529. The van der Waals surface area contributed by atoms with Crippen molar-refractivity contribution in [2.24, 2.45) is 5.92 Å². The Morgan fingerprint density at radius 3 is 2.48 bits per heavy atom. The number of anilines is 1. The summed E-state index contributed by atoms with van der Waals surface area (Å²) in [4.78, 5) is 24.2. The van der Waals surface area contributed by atoms with E-state index >= 15 is 0 Å². The molecule has 0 unspecified atom stereocenters. The van der Waals surface area contributed by atoms with Gasteiger partial charge in [0.1, 0.15) is 0 Å². The SMILES string of the molecule is CCCS(=O)(=O)N1CCC(C(=O)Nc2ccccc2C(=O)OC)CC1. The van der Waals surface area contributed by atoms with Gasteiger partial charge >= 0.3 is 5.97 Å². The first-order valence-electron chi connectivity index (χ1n) is 8.35. The smallest absolute Gasteiger partial charge is 0.339 e. The molecular formula is C17H24N2O5S. The van der Waals surface area contributed by atoms with Crippen LogP contribution in [0.1, 0.15) is 36.5 Å². The van der Waals surface area contributed by atoms with Crippen LogP contribution in [0.2, 0.25) is 0 Å². The normalized spacial score (nSPS) is 16.4. The van der Waals surface area contributed by atoms with Crippen molar-refractivity contribution in [3.8, 4) is 0 Å². The molecule has 0 aliphatic carbocycles. The van der Waals surface area contributed by atoms with Crippen LogP contribution in [0, 0.1) is 5.92 Å². The maximum absolute atomic E-state index is 12.5. The molecular weight excluding hydrogens is 344 g/mol. The summed E-state index contributed by atoms with van der Waals surface area (Å²) >= 11 is 0. The predicted molar refractivity (Wildman–Crippen MR) is 94.8 cm³/mol. The van der Waals surface area contributed by atoms with Gasteiger partial charge in [0.15, 0.2) is 0 Å². The van der Waals surface area contributed by atoms with E-state index in [1.54, 1.807) is 24.3 Å². The second kappa shape index (κ2) is 8.44. The molecule has 0 aromatic heterocycles. The Labute approximate surface area is 148 Å². The van der Waals surface area contributed by atoms with Gasteiger partial charge in [-0.25, -0.2) is 17.5 Å². The summed E-state index contributed by atoms with van der Waals surface area (Å²) in [5, 5.41) is 2.77. The van der Waals surface area contributed by atoms with Gasteiger partial charge in [-0.3, -0.25) is 4.79 Å². The first-order chi connectivity index (χ1) is 11.9. The highest BCUT2D eigenvalue weighted by atomic mass is 32.2. The van der Waals surface area contributed by atoms with Crippen LogP contribution in [0.15, 0.2) is 24.3 Å². The number of carbonyl (C=O) groups is 2. The van der Waals surface area contributed by atoms with Crippen LogP contribution in [-0.2, 0) is 19.6 Å². The summed E-state index contributed by atoms with van der Waals surface area (Å²) in [7, 11) is -1.94. The number of methoxy groups -OCH3 is 1. The molecule has 1 N–H and O–H groups in total. The van der Waals surface area contributed by atoms with Crippen LogP contribution in [0.4, 0.5) is 5.69 Å². The zero-order valence-corrected chi connectivity index (χ0v) is 15.3. The standard InChI is InChI=1S/C17H24N2O5S/c1-3-12-25(22,23)19-10-8-13(9-11-19)16(20)18-15-7-5-4-6-14(15)17(21)24-2/h4-7,13H,3,8-12H2,1-2H3,(H,18,20). The molecule has 1 aromatic carbocycles. The third-order valence-electron chi connectivity index (χ3n) is 4.27. The minimum Gasteiger partial charge on any atom is -0.465 e. The predicted octanol–water partition coefficient (Wildman–Crippen LogP) is 1.86. The Hall–Kier alpha value is -1.93. The van der Waals surface area contributed by atoms with E-state index in [4.69, 9.17) is 4.74 Å². The average molecular weight is 368 g/mol. The maximum atomic E-state index is 12.5. The lowest BCUT2D eigenvalue weighted by Gasteiger charge is -2.30. The number of piperidine rings is 1. The van der Waals surface area contributed by atoms with Gasteiger partial charge in [0.2, 0.25) is 15.9 Å². The maximum Gasteiger partial charge on any atom is 0.339 e. The van der Waals surface area contributed by atoms with Crippen LogP contribution >= 0.6 is 0 Å². The largest absolute Gasteiger partial charge is 0.465 e. The summed E-state index contributed by atoms with van der Waals surface area (Å²) < 4.78 is 30.3. The summed E-state index contributed by atoms with van der Waals surface area (Å²) in [5.74, 6) is -0.866. The molecule has 8 heteroatoms. The third-order valence-corrected chi connectivity index (χ3v) is 6.35. The van der Waals surface area contributed by atoms with Crippen molar-refractivity contribution in [3.63, 3.8) is 0 Å². The molecule has 0 bridgehead atoms. The number of benzene rings is 1. The molecule has 7 nitrogen and oxygen atoms in total. The number of rotatable bonds is 6. The second-order valence-electron chi connectivity index (χ2n) is 6.02. The summed E-state index contributed by atoms with van der Waals surface area (Å²) in [6, 6.07) is 6.65. The van der Waals surface area contributed by atoms with Gasteiger partial charge in [-0.15, -0.1) is 0 Å². The zero-order valence-electron chi connectivity index (χ0n) is 14.5. The van der Waals surface area contributed by atoms with Crippen molar-refractivity contribution in [2.75, 3.05) is 31.3 Å². The van der Waals surface area contributed by atoms with Crippen LogP contribution in [-0.4, -0.2) is 50.6 Å². The molecule has 25 heavy (non-hydrogen) atoms. The highest BCUT2D eigenvalue weighted by molar-refractivity contribution is 7.89. The van der Waals surface area contributed by atoms with E-state index in [0.29, 0.717) is 43.6 Å². The lowest BCUT2D eigenvalue weighted by Crippen LogP contribution is -2.42. The van der Waals surface area contributed by atoms with E-state index in [-0.39, 0.29) is 17.6 Å². The van der Waals surface area contributed by atoms with Gasteiger partial charge in [-0.2, -0.15) is 0 Å². The molecule has 1 aliphatic rings. The molecule has 1 heterocycles. The topological polar surface area (TPSA) is 92.8 Å². The molecule has 138 valence electrons. The average Bonchev–Trinajstić information content (AvgIpc) is 2.61. The minimum absolute atomic E-state index is 0.135. The van der Waals surface area contributed by atoms with Crippen molar-refractivity contribution >= 4 is 27.6 Å². The lowest BCUT2D eigenvalue weighted by molar-refractivity contribution is -0.120. The van der Waals surface area contributed by atoms with Gasteiger partial charge in [0.25, 0.3) is 0 Å². The van der Waals surface area contributed by atoms with Crippen LogP contribution < -0.4 is 5.32 Å². The fourth-order valence-electron chi connectivity index (χ4n) is 2.90. The number of para-hydroxylation sites is 1. The van der Waals surface area contributed by atoms with E-state index < -0.39 is 16.0 Å².